The van der Waals surface area contributed by atoms with Gasteiger partial charge in [0.05, 0.1) is 0 Å². The number of nitrogens with zero attached hydrogens (tertiary/aromatic N) is 1. The van der Waals surface area contributed by atoms with Gasteiger partial charge in [0.15, 0.2) is 0 Å². The van der Waals surface area contributed by atoms with Gasteiger partial charge in [-0.2, -0.15) is 0 Å². The molecule has 1 aromatic carbocycles. The van der Waals surface area contributed by atoms with E-state index >= 15 is 0 Å². The summed E-state index contributed by atoms with van der Waals surface area (Å²) in [7, 11) is 4.13. The summed E-state index contributed by atoms with van der Waals surface area (Å²) in [4.78, 5) is 2.15. The van der Waals surface area contributed by atoms with Gasteiger partial charge < -0.3 is 4.90 Å². The van der Waals surface area contributed by atoms with E-state index in [9.17, 15) is 0 Å². The van der Waals surface area contributed by atoms with E-state index in [1.807, 2.05) is 0 Å². The molecular weight excluding hydrogens is 170 g/mol. The minimum absolute atomic E-state index is 0.206. The molecule has 0 bridgehead atoms. The Bertz CT molecular complexity index is 333. The van der Waals surface area contributed by atoms with Gasteiger partial charge in [0.2, 0.25) is 0 Å². The molecule has 1 rings (SSSR count). The molecule has 0 spiro atoms. The van der Waals surface area contributed by atoms with Gasteiger partial charge in [-0.05, 0) is 32.1 Å². The van der Waals surface area contributed by atoms with Crippen LogP contribution >= 0.6 is 0 Å². The fourth-order valence-electron chi connectivity index (χ4n) is 1.42. The van der Waals surface area contributed by atoms with E-state index in [0.717, 1.165) is 6.54 Å². The molecule has 0 aliphatic rings. The maximum atomic E-state index is 5.39. The Hall–Kier alpha value is -1.26. The van der Waals surface area contributed by atoms with Crippen molar-refractivity contribution in [2.24, 2.45) is 0 Å². The lowest BCUT2D eigenvalue weighted by atomic mass is 10.00. The van der Waals surface area contributed by atoms with Gasteiger partial charge in [-0.25, -0.2) is 0 Å². The molecule has 0 aliphatic heterocycles. The second-order valence-corrected chi connectivity index (χ2v) is 3.87. The first-order valence-electron chi connectivity index (χ1n) is 4.83. The van der Waals surface area contributed by atoms with Gasteiger partial charge >= 0.3 is 0 Å². The highest BCUT2D eigenvalue weighted by Gasteiger charge is 2.02. The summed E-state index contributed by atoms with van der Waals surface area (Å²) in [5.41, 5.74) is 2.54. The van der Waals surface area contributed by atoms with Crippen molar-refractivity contribution in [3.8, 4) is 12.3 Å². The van der Waals surface area contributed by atoms with Crippen LogP contribution in [0.15, 0.2) is 24.3 Å². The summed E-state index contributed by atoms with van der Waals surface area (Å²) in [5.74, 6) is 2.95. The minimum atomic E-state index is 0.206. The number of hydrogen-bond acceptors (Lipinski definition) is 1. The van der Waals surface area contributed by atoms with Gasteiger partial charge in [-0.1, -0.05) is 30.2 Å². The third-order valence-corrected chi connectivity index (χ3v) is 2.20. The SMILES string of the molecule is C#CC(C)c1cccc(CN(C)C)c1. The molecule has 0 saturated carbocycles. The Kier molecular flexibility index (Phi) is 3.73. The molecule has 1 heteroatoms. The van der Waals surface area contributed by atoms with Crippen molar-refractivity contribution in [3.63, 3.8) is 0 Å². The van der Waals surface area contributed by atoms with Gasteiger partial charge in [-0.15, -0.1) is 6.42 Å². The zero-order valence-electron chi connectivity index (χ0n) is 9.12. The molecule has 1 aromatic rings. The molecule has 1 atom stereocenters. The topological polar surface area (TPSA) is 3.24 Å². The number of terminal acetylenes is 1. The van der Waals surface area contributed by atoms with E-state index in [0.29, 0.717) is 0 Å². The standard InChI is InChI=1S/C13H17N/c1-5-11(2)13-8-6-7-12(9-13)10-14(3)4/h1,6-9,11H,10H2,2-4H3. The lowest BCUT2D eigenvalue weighted by Gasteiger charge is -2.11. The average molecular weight is 187 g/mol. The van der Waals surface area contributed by atoms with Crippen molar-refractivity contribution in [1.82, 2.24) is 4.90 Å². The van der Waals surface area contributed by atoms with Crippen molar-refractivity contribution < 1.29 is 0 Å². The number of hydrogen-bond donors (Lipinski definition) is 0. The van der Waals surface area contributed by atoms with E-state index in [4.69, 9.17) is 6.42 Å². The van der Waals surface area contributed by atoms with Crippen LogP contribution in [0.1, 0.15) is 24.0 Å². The van der Waals surface area contributed by atoms with E-state index in [2.05, 4.69) is 56.1 Å². The van der Waals surface area contributed by atoms with E-state index in [1.165, 1.54) is 11.1 Å². The third-order valence-electron chi connectivity index (χ3n) is 2.20. The van der Waals surface area contributed by atoms with Crippen LogP contribution in [0.5, 0.6) is 0 Å². The van der Waals surface area contributed by atoms with Crippen LogP contribution in [0, 0.1) is 12.3 Å². The molecule has 0 heterocycles. The summed E-state index contributed by atoms with van der Waals surface area (Å²) >= 11 is 0. The lowest BCUT2D eigenvalue weighted by Crippen LogP contribution is -2.10. The Morgan fingerprint density at radius 1 is 1.43 bits per heavy atom. The first-order valence-corrected chi connectivity index (χ1v) is 4.83. The van der Waals surface area contributed by atoms with E-state index < -0.39 is 0 Å². The fourth-order valence-corrected chi connectivity index (χ4v) is 1.42. The normalized spacial score (nSPS) is 12.5. The van der Waals surface area contributed by atoms with Crippen molar-refractivity contribution in [1.29, 1.82) is 0 Å². The molecule has 1 nitrogen and oxygen atoms in total. The summed E-state index contributed by atoms with van der Waals surface area (Å²) in [6, 6.07) is 8.48. The largest absolute Gasteiger partial charge is 0.305 e. The predicted molar refractivity (Wildman–Crippen MR) is 61.1 cm³/mol. The Morgan fingerprint density at radius 2 is 2.14 bits per heavy atom. The molecular formula is C13H17N. The van der Waals surface area contributed by atoms with Crippen LogP contribution in [-0.2, 0) is 6.54 Å². The van der Waals surface area contributed by atoms with Crippen molar-refractivity contribution in [2.45, 2.75) is 19.4 Å². The first kappa shape index (κ1) is 10.8. The summed E-state index contributed by atoms with van der Waals surface area (Å²) in [6.45, 7) is 3.01. The number of rotatable bonds is 3. The maximum Gasteiger partial charge on any atom is 0.0421 e. The van der Waals surface area contributed by atoms with Crippen LogP contribution in [0.4, 0.5) is 0 Å². The monoisotopic (exact) mass is 187 g/mol. The van der Waals surface area contributed by atoms with Gasteiger partial charge in [0.1, 0.15) is 0 Å². The molecule has 74 valence electrons. The lowest BCUT2D eigenvalue weighted by molar-refractivity contribution is 0.402. The zero-order valence-corrected chi connectivity index (χ0v) is 9.12. The summed E-state index contributed by atoms with van der Waals surface area (Å²) in [6.07, 6.45) is 5.39. The van der Waals surface area contributed by atoms with Crippen LogP contribution in [0.2, 0.25) is 0 Å². The van der Waals surface area contributed by atoms with Gasteiger partial charge in [-0.3, -0.25) is 0 Å². The average Bonchev–Trinajstić information content (AvgIpc) is 2.16. The molecule has 0 amide bonds. The minimum Gasteiger partial charge on any atom is -0.305 e. The second kappa shape index (κ2) is 4.83. The maximum absolute atomic E-state index is 5.39. The predicted octanol–water partition coefficient (Wildman–Crippen LogP) is 2.48. The Balaban J connectivity index is 2.85. The van der Waals surface area contributed by atoms with Crippen molar-refractivity contribution in [2.75, 3.05) is 14.1 Å². The van der Waals surface area contributed by atoms with Crippen molar-refractivity contribution in [3.05, 3.63) is 35.4 Å². The molecule has 0 aliphatic carbocycles. The van der Waals surface area contributed by atoms with E-state index in [1.54, 1.807) is 0 Å². The number of benzene rings is 1. The molecule has 14 heavy (non-hydrogen) atoms. The molecule has 0 N–H and O–H groups in total. The van der Waals surface area contributed by atoms with Crippen LogP contribution < -0.4 is 0 Å². The summed E-state index contributed by atoms with van der Waals surface area (Å²) in [5, 5.41) is 0. The molecule has 0 fully saturated rings. The Morgan fingerprint density at radius 3 is 2.71 bits per heavy atom. The first-order chi connectivity index (χ1) is 6.63. The summed E-state index contributed by atoms with van der Waals surface area (Å²) < 4.78 is 0. The second-order valence-electron chi connectivity index (χ2n) is 3.87. The smallest absolute Gasteiger partial charge is 0.0421 e. The highest BCUT2D eigenvalue weighted by molar-refractivity contribution is 5.30. The van der Waals surface area contributed by atoms with E-state index in [-0.39, 0.29) is 5.92 Å². The quantitative estimate of drug-likeness (QED) is 0.657. The fraction of sp³-hybridized carbons (Fsp3) is 0.385. The van der Waals surface area contributed by atoms with Crippen LogP contribution in [0.3, 0.4) is 0 Å². The Labute approximate surface area is 86.7 Å². The van der Waals surface area contributed by atoms with Crippen LogP contribution in [0.25, 0.3) is 0 Å². The molecule has 0 radical (unpaired) electrons. The third kappa shape index (κ3) is 2.90. The van der Waals surface area contributed by atoms with Gasteiger partial charge in [0, 0.05) is 12.5 Å². The van der Waals surface area contributed by atoms with Gasteiger partial charge in [0.25, 0.3) is 0 Å². The zero-order chi connectivity index (χ0) is 10.6. The van der Waals surface area contributed by atoms with Crippen LogP contribution in [-0.4, -0.2) is 19.0 Å². The highest BCUT2D eigenvalue weighted by Crippen LogP contribution is 2.16. The highest BCUT2D eigenvalue weighted by atomic mass is 15.0. The molecule has 0 aromatic heterocycles. The molecule has 0 saturated heterocycles. The molecule has 1 unspecified atom stereocenters. The van der Waals surface area contributed by atoms with Crippen molar-refractivity contribution >= 4 is 0 Å².